The van der Waals surface area contributed by atoms with E-state index in [1.54, 1.807) is 12.2 Å². The van der Waals surface area contributed by atoms with Gasteiger partial charge in [0.15, 0.2) is 0 Å². The van der Waals surface area contributed by atoms with Crippen LogP contribution >= 0.6 is 0 Å². The zero-order chi connectivity index (χ0) is 18.7. The Hall–Kier alpha value is -1.20. The fourth-order valence-corrected chi connectivity index (χ4v) is 3.55. The molecule has 1 aliphatic carbocycles. The molecule has 0 heterocycles. The van der Waals surface area contributed by atoms with Crippen molar-refractivity contribution in [3.05, 3.63) is 12.2 Å². The third-order valence-corrected chi connectivity index (χ3v) is 5.06. The lowest BCUT2D eigenvalue weighted by Crippen LogP contribution is -2.19. The lowest BCUT2D eigenvalue weighted by molar-refractivity contribution is -0.137. The molecule has 1 saturated carbocycles. The summed E-state index contributed by atoms with van der Waals surface area (Å²) >= 11 is 0. The second-order valence-corrected chi connectivity index (χ2v) is 7.22. The van der Waals surface area contributed by atoms with Gasteiger partial charge in [-0.05, 0) is 25.2 Å². The zero-order valence-corrected chi connectivity index (χ0v) is 15.4. The summed E-state index contributed by atoms with van der Waals surface area (Å²) in [6.07, 6.45) is 10.8. The van der Waals surface area contributed by atoms with E-state index in [1.165, 1.54) is 0 Å². The third kappa shape index (κ3) is 8.63. The summed E-state index contributed by atoms with van der Waals surface area (Å²) < 4.78 is 0. The Labute approximate surface area is 151 Å². The van der Waals surface area contributed by atoms with E-state index in [1.807, 2.05) is 0 Å². The number of aliphatic carboxylic acids is 1. The van der Waals surface area contributed by atoms with Crippen LogP contribution in [0.2, 0.25) is 0 Å². The molecule has 1 fully saturated rings. The number of allylic oxidation sites excluding steroid dienone is 1. The number of carboxylic acids is 1. The highest BCUT2D eigenvalue weighted by atomic mass is 16.4. The van der Waals surface area contributed by atoms with Gasteiger partial charge < -0.3 is 15.3 Å². The van der Waals surface area contributed by atoms with Gasteiger partial charge in [-0.2, -0.15) is 0 Å². The molecule has 0 spiro atoms. The minimum absolute atomic E-state index is 0.0153. The highest BCUT2D eigenvalue weighted by molar-refractivity contribution is 5.85. The molecule has 0 aliphatic heterocycles. The maximum absolute atomic E-state index is 12.1. The van der Waals surface area contributed by atoms with E-state index in [9.17, 15) is 19.8 Å². The third-order valence-electron chi connectivity index (χ3n) is 5.06. The summed E-state index contributed by atoms with van der Waals surface area (Å²) in [5.41, 5.74) is 0. The van der Waals surface area contributed by atoms with E-state index >= 15 is 0 Å². The summed E-state index contributed by atoms with van der Waals surface area (Å²) in [4.78, 5) is 22.5. The number of rotatable bonds is 13. The first-order valence-electron chi connectivity index (χ1n) is 9.74. The fraction of sp³-hybridized carbons (Fsp3) is 0.800. The largest absolute Gasteiger partial charge is 0.481 e. The average molecular weight is 354 g/mol. The molecule has 0 aromatic carbocycles. The van der Waals surface area contributed by atoms with Gasteiger partial charge in [0.2, 0.25) is 0 Å². The minimum atomic E-state index is -0.764. The minimum Gasteiger partial charge on any atom is -0.481 e. The molecular formula is C20H34O5. The van der Waals surface area contributed by atoms with Crippen molar-refractivity contribution in [2.24, 2.45) is 11.8 Å². The number of carboxylic acid groups (broad SMARTS) is 1. The predicted octanol–water partition coefficient (Wildman–Crippen LogP) is 3.48. The number of unbranched alkanes of at least 4 members (excludes halogenated alkanes) is 5. The molecule has 3 N–H and O–H groups in total. The first-order chi connectivity index (χ1) is 12.0. The van der Waals surface area contributed by atoms with Crippen LogP contribution in [-0.2, 0) is 9.59 Å². The molecule has 0 bridgehead atoms. The summed E-state index contributed by atoms with van der Waals surface area (Å²) in [5.74, 6) is -0.971. The molecule has 0 unspecified atom stereocenters. The number of hydrogen-bond acceptors (Lipinski definition) is 4. The average Bonchev–Trinajstić information content (AvgIpc) is 2.82. The van der Waals surface area contributed by atoms with E-state index < -0.39 is 18.2 Å². The summed E-state index contributed by atoms with van der Waals surface area (Å²) in [7, 11) is 0. The second-order valence-electron chi connectivity index (χ2n) is 7.22. The van der Waals surface area contributed by atoms with E-state index in [2.05, 4.69) is 6.92 Å². The smallest absolute Gasteiger partial charge is 0.303 e. The van der Waals surface area contributed by atoms with Gasteiger partial charge in [0.05, 0.1) is 12.2 Å². The molecule has 144 valence electrons. The van der Waals surface area contributed by atoms with Crippen molar-refractivity contribution in [3.63, 3.8) is 0 Å². The number of ketones is 1. The maximum atomic E-state index is 12.1. The van der Waals surface area contributed by atoms with Crippen molar-refractivity contribution >= 4 is 11.8 Å². The molecule has 5 heteroatoms. The Balaban J connectivity index is 2.33. The van der Waals surface area contributed by atoms with Gasteiger partial charge in [-0.25, -0.2) is 0 Å². The Bertz CT molecular complexity index is 432. The lowest BCUT2D eigenvalue weighted by atomic mass is 9.88. The van der Waals surface area contributed by atoms with Crippen LogP contribution in [0.5, 0.6) is 0 Å². The highest BCUT2D eigenvalue weighted by Crippen LogP contribution is 2.34. The second kappa shape index (κ2) is 12.2. The normalized spacial score (nSPS) is 24.9. The van der Waals surface area contributed by atoms with Gasteiger partial charge in [0.25, 0.3) is 0 Å². The maximum Gasteiger partial charge on any atom is 0.303 e. The Morgan fingerprint density at radius 2 is 1.92 bits per heavy atom. The molecule has 0 amide bonds. The monoisotopic (exact) mass is 354 g/mol. The van der Waals surface area contributed by atoms with E-state index in [-0.39, 0.29) is 30.5 Å². The standard InChI is InChI=1S/C20H34O5/c1-2-3-6-10-16-17(19(23)14-18(16)22)13-12-15(21)9-7-4-5-8-11-20(24)25/h12-13,15-18,21-22H,2-11,14H2,1H3,(H,24,25)/b13-12+/t15-,16+,17-,18-/m1/s1. The van der Waals surface area contributed by atoms with Crippen LogP contribution in [0, 0.1) is 11.8 Å². The van der Waals surface area contributed by atoms with Gasteiger partial charge in [0.1, 0.15) is 5.78 Å². The van der Waals surface area contributed by atoms with E-state index in [0.717, 1.165) is 44.9 Å². The summed E-state index contributed by atoms with van der Waals surface area (Å²) in [5, 5.41) is 28.7. The van der Waals surface area contributed by atoms with Crippen molar-refractivity contribution in [2.45, 2.75) is 89.8 Å². The van der Waals surface area contributed by atoms with Gasteiger partial charge in [-0.15, -0.1) is 0 Å². The van der Waals surface area contributed by atoms with Gasteiger partial charge >= 0.3 is 5.97 Å². The van der Waals surface area contributed by atoms with Gasteiger partial charge in [-0.3, -0.25) is 9.59 Å². The van der Waals surface area contributed by atoms with Gasteiger partial charge in [0, 0.05) is 18.8 Å². The molecule has 5 nitrogen and oxygen atoms in total. The molecule has 0 radical (unpaired) electrons. The molecule has 0 saturated heterocycles. The Kier molecular flexibility index (Phi) is 10.7. The van der Waals surface area contributed by atoms with Crippen LogP contribution in [0.3, 0.4) is 0 Å². The van der Waals surface area contributed by atoms with E-state index in [0.29, 0.717) is 12.8 Å². The van der Waals surface area contributed by atoms with Crippen molar-refractivity contribution in [1.82, 2.24) is 0 Å². The zero-order valence-electron chi connectivity index (χ0n) is 15.4. The molecule has 4 atom stereocenters. The number of aliphatic hydroxyl groups is 2. The number of carbonyl (C=O) groups excluding carboxylic acids is 1. The topological polar surface area (TPSA) is 94.8 Å². The predicted molar refractivity (Wildman–Crippen MR) is 97.2 cm³/mol. The van der Waals surface area contributed by atoms with Crippen molar-refractivity contribution in [3.8, 4) is 0 Å². The van der Waals surface area contributed by atoms with Crippen LogP contribution < -0.4 is 0 Å². The number of Topliss-reactive ketones (excluding diaryl/α,β-unsaturated/α-hetero) is 1. The van der Waals surface area contributed by atoms with Crippen LogP contribution in [0.25, 0.3) is 0 Å². The summed E-state index contributed by atoms with van der Waals surface area (Å²) in [6, 6.07) is 0. The molecular weight excluding hydrogens is 320 g/mol. The first-order valence-corrected chi connectivity index (χ1v) is 9.74. The molecule has 0 aromatic heterocycles. The van der Waals surface area contributed by atoms with Crippen molar-refractivity contribution < 1.29 is 24.9 Å². The van der Waals surface area contributed by atoms with Crippen LogP contribution in [-0.4, -0.2) is 39.3 Å². The highest BCUT2D eigenvalue weighted by Gasteiger charge is 2.39. The number of carbonyl (C=O) groups is 2. The van der Waals surface area contributed by atoms with Crippen molar-refractivity contribution in [2.75, 3.05) is 0 Å². The molecule has 0 aromatic rings. The number of hydrogen-bond donors (Lipinski definition) is 3. The number of aliphatic hydroxyl groups excluding tert-OH is 2. The fourth-order valence-electron chi connectivity index (χ4n) is 3.55. The molecule has 1 aliphatic rings. The molecule has 25 heavy (non-hydrogen) atoms. The summed E-state index contributed by atoms with van der Waals surface area (Å²) in [6.45, 7) is 2.13. The Morgan fingerprint density at radius 1 is 1.20 bits per heavy atom. The first kappa shape index (κ1) is 21.8. The van der Waals surface area contributed by atoms with Crippen LogP contribution in [0.4, 0.5) is 0 Å². The Morgan fingerprint density at radius 3 is 2.60 bits per heavy atom. The molecule has 1 rings (SSSR count). The van der Waals surface area contributed by atoms with Crippen LogP contribution in [0.15, 0.2) is 12.2 Å². The quantitative estimate of drug-likeness (QED) is 0.348. The SMILES string of the molecule is CCCCC[C@@H]1[C@H](O)CC(=O)[C@@H]1/C=C/[C@H](O)CCCCCCC(=O)O. The van der Waals surface area contributed by atoms with Crippen molar-refractivity contribution in [1.29, 1.82) is 0 Å². The van der Waals surface area contributed by atoms with E-state index in [4.69, 9.17) is 5.11 Å². The lowest BCUT2D eigenvalue weighted by Gasteiger charge is -2.18. The van der Waals surface area contributed by atoms with Crippen LogP contribution in [0.1, 0.15) is 77.6 Å². The van der Waals surface area contributed by atoms with Gasteiger partial charge in [-0.1, -0.05) is 57.6 Å².